The van der Waals surface area contributed by atoms with E-state index in [1.54, 1.807) is 28.4 Å². The molecule has 144 valence electrons. The van der Waals surface area contributed by atoms with Gasteiger partial charge in [0.2, 0.25) is 0 Å². The van der Waals surface area contributed by atoms with E-state index < -0.39 is 0 Å². The maximum atomic E-state index is 5.56. The minimum Gasteiger partial charge on any atom is -0.497 e. The fourth-order valence-electron chi connectivity index (χ4n) is 2.33. The summed E-state index contributed by atoms with van der Waals surface area (Å²) in [5, 5.41) is 6.60. The first kappa shape index (κ1) is 23.8. The van der Waals surface area contributed by atoms with E-state index in [0.717, 1.165) is 23.0 Å². The number of methoxy groups -OCH3 is 3. The number of nitrogens with one attached hydrogen (secondary N) is 2. The van der Waals surface area contributed by atoms with Gasteiger partial charge in [0.25, 0.3) is 0 Å². The van der Waals surface area contributed by atoms with Crippen LogP contribution in [0.1, 0.15) is 26.3 Å². The van der Waals surface area contributed by atoms with Gasteiger partial charge in [-0.15, -0.1) is 24.0 Å². The molecule has 1 aromatic carbocycles. The first-order chi connectivity index (χ1) is 11.3. The third-order valence-corrected chi connectivity index (χ3v) is 3.87. The number of hydrogen-bond donors (Lipinski definition) is 2. The number of ether oxygens (including phenoxy) is 3. The molecule has 7 heteroatoms. The normalized spacial score (nSPS) is 12.8. The summed E-state index contributed by atoms with van der Waals surface area (Å²) in [5.41, 5.74) is 1.08. The van der Waals surface area contributed by atoms with Gasteiger partial charge in [-0.3, -0.25) is 4.99 Å². The van der Waals surface area contributed by atoms with Crippen LogP contribution in [0, 0.1) is 5.41 Å². The lowest BCUT2D eigenvalue weighted by Gasteiger charge is -2.30. The molecule has 0 amide bonds. The highest BCUT2D eigenvalue weighted by molar-refractivity contribution is 14.0. The molecule has 0 radical (unpaired) electrons. The van der Waals surface area contributed by atoms with Crippen LogP contribution in [0.2, 0.25) is 0 Å². The number of aliphatic imine (C=N–C) groups is 1. The summed E-state index contributed by atoms with van der Waals surface area (Å²) in [6.07, 6.45) is 0.0894. The molecular formula is C18H32IN3O3. The Hall–Kier alpha value is -1.22. The number of guanidine groups is 1. The van der Waals surface area contributed by atoms with E-state index in [0.29, 0.717) is 13.1 Å². The Bertz CT molecular complexity index is 545. The number of hydrogen-bond acceptors (Lipinski definition) is 4. The van der Waals surface area contributed by atoms with Crippen molar-refractivity contribution in [2.24, 2.45) is 10.4 Å². The smallest absolute Gasteiger partial charge is 0.191 e. The lowest BCUT2D eigenvalue weighted by atomic mass is 9.89. The minimum absolute atomic E-state index is 0. The van der Waals surface area contributed by atoms with Gasteiger partial charge in [0, 0.05) is 38.9 Å². The standard InChI is InChI=1S/C18H31N3O3.HI/c1-18(2,3)16(24-7)12-21-17(19-4)20-11-13-8-9-14(22-5)10-15(13)23-6;/h8-10,16H,11-12H2,1-7H3,(H2,19,20,21);1H. The summed E-state index contributed by atoms with van der Waals surface area (Å²) in [5.74, 6) is 2.27. The zero-order valence-corrected chi connectivity index (χ0v) is 18.6. The van der Waals surface area contributed by atoms with Crippen LogP contribution in [0.3, 0.4) is 0 Å². The van der Waals surface area contributed by atoms with Gasteiger partial charge in [0.15, 0.2) is 5.96 Å². The molecule has 0 aromatic heterocycles. The van der Waals surface area contributed by atoms with Gasteiger partial charge in [-0.1, -0.05) is 20.8 Å². The average molecular weight is 465 g/mol. The Morgan fingerprint density at radius 3 is 2.28 bits per heavy atom. The van der Waals surface area contributed by atoms with Crippen LogP contribution in [0.25, 0.3) is 0 Å². The summed E-state index contributed by atoms with van der Waals surface area (Å²) < 4.78 is 16.2. The Labute approximate surface area is 168 Å². The molecule has 0 aliphatic heterocycles. The van der Waals surface area contributed by atoms with Gasteiger partial charge >= 0.3 is 0 Å². The highest BCUT2D eigenvalue weighted by atomic mass is 127. The van der Waals surface area contributed by atoms with E-state index in [1.807, 2.05) is 18.2 Å². The van der Waals surface area contributed by atoms with Crippen molar-refractivity contribution in [3.63, 3.8) is 0 Å². The first-order valence-corrected chi connectivity index (χ1v) is 8.04. The molecule has 1 unspecified atom stereocenters. The van der Waals surface area contributed by atoms with Crippen LogP contribution in [-0.2, 0) is 11.3 Å². The molecule has 0 aliphatic carbocycles. The van der Waals surface area contributed by atoms with Crippen LogP contribution in [0.5, 0.6) is 11.5 Å². The van der Waals surface area contributed by atoms with Gasteiger partial charge in [-0.05, 0) is 17.5 Å². The predicted octanol–water partition coefficient (Wildman–Crippen LogP) is 3.05. The van der Waals surface area contributed by atoms with Crippen LogP contribution in [-0.4, -0.2) is 47.0 Å². The molecule has 0 fully saturated rings. The number of nitrogens with zero attached hydrogens (tertiary/aromatic N) is 1. The third-order valence-electron chi connectivity index (χ3n) is 3.87. The molecule has 25 heavy (non-hydrogen) atoms. The number of rotatable bonds is 7. The van der Waals surface area contributed by atoms with Crippen LogP contribution in [0.4, 0.5) is 0 Å². The van der Waals surface area contributed by atoms with Gasteiger partial charge in [-0.25, -0.2) is 0 Å². The lowest BCUT2D eigenvalue weighted by Crippen LogP contribution is -2.45. The molecule has 0 aliphatic rings. The predicted molar refractivity (Wildman–Crippen MR) is 113 cm³/mol. The van der Waals surface area contributed by atoms with Crippen molar-refractivity contribution in [3.05, 3.63) is 23.8 Å². The average Bonchev–Trinajstić information content (AvgIpc) is 2.56. The molecule has 1 atom stereocenters. The topological polar surface area (TPSA) is 64.1 Å². The largest absolute Gasteiger partial charge is 0.497 e. The molecule has 1 rings (SSSR count). The molecule has 0 bridgehead atoms. The summed E-state index contributed by atoms with van der Waals surface area (Å²) in [7, 11) is 6.77. The van der Waals surface area contributed by atoms with Crippen LogP contribution in [0.15, 0.2) is 23.2 Å². The number of halogens is 1. The van der Waals surface area contributed by atoms with Crippen molar-refractivity contribution >= 4 is 29.9 Å². The zero-order valence-electron chi connectivity index (χ0n) is 16.3. The quantitative estimate of drug-likeness (QED) is 0.368. The SMILES string of the molecule is CN=C(NCc1ccc(OC)cc1OC)NCC(OC)C(C)(C)C.I. The van der Waals surface area contributed by atoms with E-state index in [1.165, 1.54) is 0 Å². The second kappa shape index (κ2) is 11.4. The first-order valence-electron chi connectivity index (χ1n) is 8.04. The highest BCUT2D eigenvalue weighted by Crippen LogP contribution is 2.24. The fraction of sp³-hybridized carbons (Fsp3) is 0.611. The van der Waals surface area contributed by atoms with E-state index in [4.69, 9.17) is 14.2 Å². The molecular weight excluding hydrogens is 433 g/mol. The van der Waals surface area contributed by atoms with Gasteiger partial charge < -0.3 is 24.8 Å². The number of benzene rings is 1. The van der Waals surface area contributed by atoms with Crippen molar-refractivity contribution < 1.29 is 14.2 Å². The third kappa shape index (κ3) is 7.68. The Kier molecular flexibility index (Phi) is 10.8. The maximum absolute atomic E-state index is 5.56. The Morgan fingerprint density at radius 1 is 1.12 bits per heavy atom. The van der Waals surface area contributed by atoms with Crippen molar-refractivity contribution in [1.29, 1.82) is 0 Å². The second-order valence-corrected chi connectivity index (χ2v) is 6.57. The molecule has 0 saturated heterocycles. The lowest BCUT2D eigenvalue weighted by molar-refractivity contribution is 0.0205. The van der Waals surface area contributed by atoms with Crippen molar-refractivity contribution in [1.82, 2.24) is 10.6 Å². The van der Waals surface area contributed by atoms with Crippen molar-refractivity contribution in [2.75, 3.05) is 34.9 Å². The van der Waals surface area contributed by atoms with Crippen molar-refractivity contribution in [3.8, 4) is 11.5 Å². The monoisotopic (exact) mass is 465 g/mol. The summed E-state index contributed by atoms with van der Waals surface area (Å²) in [6.45, 7) is 7.74. The van der Waals surface area contributed by atoms with Gasteiger partial charge in [0.05, 0.1) is 20.3 Å². The van der Waals surface area contributed by atoms with E-state index in [2.05, 4.69) is 36.4 Å². The summed E-state index contributed by atoms with van der Waals surface area (Å²) >= 11 is 0. The summed E-state index contributed by atoms with van der Waals surface area (Å²) in [4.78, 5) is 4.25. The summed E-state index contributed by atoms with van der Waals surface area (Å²) in [6, 6.07) is 5.76. The van der Waals surface area contributed by atoms with Crippen LogP contribution < -0.4 is 20.1 Å². The molecule has 1 aromatic rings. The molecule has 0 saturated carbocycles. The highest BCUT2D eigenvalue weighted by Gasteiger charge is 2.24. The Balaban J connectivity index is 0.00000576. The molecule has 0 heterocycles. The van der Waals surface area contributed by atoms with E-state index >= 15 is 0 Å². The van der Waals surface area contributed by atoms with E-state index in [-0.39, 0.29) is 35.5 Å². The molecule has 6 nitrogen and oxygen atoms in total. The second-order valence-electron chi connectivity index (χ2n) is 6.57. The Morgan fingerprint density at radius 2 is 1.80 bits per heavy atom. The van der Waals surface area contributed by atoms with Gasteiger partial charge in [-0.2, -0.15) is 0 Å². The zero-order chi connectivity index (χ0) is 18.2. The minimum atomic E-state index is 0. The van der Waals surface area contributed by atoms with E-state index in [9.17, 15) is 0 Å². The van der Waals surface area contributed by atoms with Crippen LogP contribution >= 0.6 is 24.0 Å². The maximum Gasteiger partial charge on any atom is 0.191 e. The molecule has 2 N–H and O–H groups in total. The molecule has 0 spiro atoms. The fourth-order valence-corrected chi connectivity index (χ4v) is 2.33. The van der Waals surface area contributed by atoms with Gasteiger partial charge in [0.1, 0.15) is 11.5 Å². The van der Waals surface area contributed by atoms with Crippen molar-refractivity contribution in [2.45, 2.75) is 33.4 Å².